The molecule has 0 aliphatic carbocycles. The van der Waals surface area contributed by atoms with Crippen molar-refractivity contribution >= 4 is 5.96 Å². The Morgan fingerprint density at radius 2 is 1.96 bits per heavy atom. The highest BCUT2D eigenvalue weighted by Crippen LogP contribution is 2.33. The monoisotopic (exact) mass is 363 g/mol. The van der Waals surface area contributed by atoms with E-state index >= 15 is 0 Å². The van der Waals surface area contributed by atoms with Gasteiger partial charge in [0, 0.05) is 33.3 Å². The van der Waals surface area contributed by atoms with Crippen LogP contribution in [0.2, 0.25) is 0 Å². The van der Waals surface area contributed by atoms with Crippen LogP contribution < -0.4 is 14.8 Å². The van der Waals surface area contributed by atoms with Crippen molar-refractivity contribution in [1.29, 1.82) is 0 Å². The SMILES string of the molecule is CCNC(=NCC(CC)(CC)CCO)N(C)Cc1ccc2c(c1)OCO2. The lowest BCUT2D eigenvalue weighted by Crippen LogP contribution is -2.39. The Labute approximate surface area is 157 Å². The van der Waals surface area contributed by atoms with E-state index in [1.807, 2.05) is 19.2 Å². The zero-order valence-electron chi connectivity index (χ0n) is 16.5. The van der Waals surface area contributed by atoms with E-state index in [0.29, 0.717) is 13.3 Å². The smallest absolute Gasteiger partial charge is 0.231 e. The molecule has 0 radical (unpaired) electrons. The summed E-state index contributed by atoms with van der Waals surface area (Å²) in [5, 5.41) is 12.8. The van der Waals surface area contributed by atoms with Crippen molar-refractivity contribution < 1.29 is 14.6 Å². The van der Waals surface area contributed by atoms with Gasteiger partial charge in [0.2, 0.25) is 6.79 Å². The molecule has 0 bridgehead atoms. The third-order valence-corrected chi connectivity index (χ3v) is 5.26. The highest BCUT2D eigenvalue weighted by molar-refractivity contribution is 5.79. The largest absolute Gasteiger partial charge is 0.454 e. The number of aliphatic hydroxyl groups excluding tert-OH is 1. The number of hydrogen-bond acceptors (Lipinski definition) is 4. The molecule has 0 saturated heterocycles. The first-order valence-electron chi connectivity index (χ1n) is 9.56. The van der Waals surface area contributed by atoms with E-state index < -0.39 is 0 Å². The third-order valence-electron chi connectivity index (χ3n) is 5.26. The van der Waals surface area contributed by atoms with Crippen LogP contribution in [0.1, 0.15) is 45.6 Å². The molecule has 0 saturated carbocycles. The average Bonchev–Trinajstić information content (AvgIpc) is 3.11. The summed E-state index contributed by atoms with van der Waals surface area (Å²) in [7, 11) is 2.04. The lowest BCUT2D eigenvalue weighted by atomic mass is 9.79. The molecule has 1 heterocycles. The van der Waals surface area contributed by atoms with Crippen LogP contribution in [0, 0.1) is 5.41 Å². The molecule has 1 aliphatic heterocycles. The molecule has 146 valence electrons. The molecule has 1 aromatic carbocycles. The van der Waals surface area contributed by atoms with E-state index in [1.54, 1.807) is 0 Å². The van der Waals surface area contributed by atoms with Crippen molar-refractivity contribution in [3.63, 3.8) is 0 Å². The van der Waals surface area contributed by atoms with E-state index in [2.05, 4.69) is 37.1 Å². The predicted molar refractivity (Wildman–Crippen MR) is 105 cm³/mol. The maximum Gasteiger partial charge on any atom is 0.231 e. The van der Waals surface area contributed by atoms with Crippen LogP contribution in [-0.4, -0.2) is 49.5 Å². The van der Waals surface area contributed by atoms with Gasteiger partial charge in [0.25, 0.3) is 0 Å². The number of fused-ring (bicyclic) bond motifs is 1. The number of nitrogens with zero attached hydrogens (tertiary/aromatic N) is 2. The minimum absolute atomic E-state index is 0.0645. The molecule has 0 aromatic heterocycles. The predicted octanol–water partition coefficient (Wildman–Crippen LogP) is 3.00. The summed E-state index contributed by atoms with van der Waals surface area (Å²) in [4.78, 5) is 7.00. The average molecular weight is 364 g/mol. The molecule has 0 unspecified atom stereocenters. The first kappa shape index (κ1) is 20.4. The van der Waals surface area contributed by atoms with Gasteiger partial charge in [-0.3, -0.25) is 4.99 Å². The number of aliphatic hydroxyl groups is 1. The van der Waals surface area contributed by atoms with Crippen molar-refractivity contribution in [1.82, 2.24) is 10.2 Å². The van der Waals surface area contributed by atoms with Crippen molar-refractivity contribution in [3.8, 4) is 11.5 Å². The second-order valence-corrected chi connectivity index (χ2v) is 6.89. The third kappa shape index (κ3) is 5.04. The molecule has 6 nitrogen and oxygen atoms in total. The van der Waals surface area contributed by atoms with Gasteiger partial charge in [0.15, 0.2) is 17.5 Å². The van der Waals surface area contributed by atoms with Crippen molar-refractivity contribution in [2.45, 2.75) is 46.6 Å². The van der Waals surface area contributed by atoms with Gasteiger partial charge in [-0.15, -0.1) is 0 Å². The van der Waals surface area contributed by atoms with Crippen molar-refractivity contribution in [2.75, 3.05) is 33.5 Å². The van der Waals surface area contributed by atoms with Crippen LogP contribution in [0.4, 0.5) is 0 Å². The Morgan fingerprint density at radius 3 is 2.62 bits per heavy atom. The minimum atomic E-state index is 0.0645. The quantitative estimate of drug-likeness (QED) is 0.521. The number of ether oxygens (including phenoxy) is 2. The van der Waals surface area contributed by atoms with E-state index in [4.69, 9.17) is 14.5 Å². The summed E-state index contributed by atoms with van der Waals surface area (Å²) in [6.07, 6.45) is 2.81. The molecule has 0 atom stereocenters. The fraction of sp³-hybridized carbons (Fsp3) is 0.650. The fourth-order valence-corrected chi connectivity index (χ4v) is 3.24. The molecule has 0 fully saturated rings. The summed E-state index contributed by atoms with van der Waals surface area (Å²) in [5.74, 6) is 2.49. The normalized spacial score (nSPS) is 13.8. The van der Waals surface area contributed by atoms with Gasteiger partial charge in [-0.2, -0.15) is 0 Å². The Morgan fingerprint density at radius 1 is 1.23 bits per heavy atom. The number of hydrogen-bond donors (Lipinski definition) is 2. The van der Waals surface area contributed by atoms with E-state index in [-0.39, 0.29) is 12.0 Å². The number of rotatable bonds is 9. The van der Waals surface area contributed by atoms with Crippen molar-refractivity contribution in [3.05, 3.63) is 23.8 Å². The molecular weight excluding hydrogens is 330 g/mol. The summed E-state index contributed by atoms with van der Waals surface area (Å²) in [6, 6.07) is 6.04. The molecule has 26 heavy (non-hydrogen) atoms. The standard InChI is InChI=1S/C20H33N3O3/c1-5-20(6-2,10-11-24)14-22-19(21-7-3)23(4)13-16-8-9-17-18(12-16)26-15-25-17/h8-9,12,24H,5-7,10-11,13-15H2,1-4H3,(H,21,22). The Bertz CT molecular complexity index is 600. The zero-order valence-corrected chi connectivity index (χ0v) is 16.5. The van der Waals surface area contributed by atoms with Gasteiger partial charge in [-0.1, -0.05) is 19.9 Å². The van der Waals surface area contributed by atoms with E-state index in [1.165, 1.54) is 0 Å². The van der Waals surface area contributed by atoms with Crippen LogP contribution in [0.15, 0.2) is 23.2 Å². The fourth-order valence-electron chi connectivity index (χ4n) is 3.24. The molecule has 2 N–H and O–H groups in total. The van der Waals surface area contributed by atoms with Gasteiger partial charge in [-0.05, 0) is 49.3 Å². The number of nitrogens with one attached hydrogen (secondary N) is 1. The van der Waals surface area contributed by atoms with Crippen LogP contribution in [0.3, 0.4) is 0 Å². The van der Waals surface area contributed by atoms with E-state index in [9.17, 15) is 5.11 Å². The van der Waals surface area contributed by atoms with Gasteiger partial charge in [0.05, 0.1) is 0 Å². The lowest BCUT2D eigenvalue weighted by molar-refractivity contribution is 0.174. The number of benzene rings is 1. The lowest BCUT2D eigenvalue weighted by Gasteiger charge is -2.30. The van der Waals surface area contributed by atoms with Crippen LogP contribution in [0.25, 0.3) is 0 Å². The maximum absolute atomic E-state index is 9.42. The first-order chi connectivity index (χ1) is 12.6. The maximum atomic E-state index is 9.42. The van der Waals surface area contributed by atoms with E-state index in [0.717, 1.165) is 55.4 Å². The molecule has 0 amide bonds. The zero-order chi connectivity index (χ0) is 19.0. The molecule has 2 rings (SSSR count). The van der Waals surface area contributed by atoms with Crippen LogP contribution in [-0.2, 0) is 6.54 Å². The van der Waals surface area contributed by atoms with Gasteiger partial charge < -0.3 is 24.8 Å². The van der Waals surface area contributed by atoms with Crippen LogP contribution in [0.5, 0.6) is 11.5 Å². The summed E-state index contributed by atoms with van der Waals surface area (Å²) < 4.78 is 10.8. The molecule has 0 spiro atoms. The first-order valence-corrected chi connectivity index (χ1v) is 9.56. The Balaban J connectivity index is 2.09. The molecule has 1 aliphatic rings. The minimum Gasteiger partial charge on any atom is -0.454 e. The van der Waals surface area contributed by atoms with Gasteiger partial charge in [0.1, 0.15) is 0 Å². The Hall–Kier alpha value is -1.95. The highest BCUT2D eigenvalue weighted by Gasteiger charge is 2.25. The second-order valence-electron chi connectivity index (χ2n) is 6.89. The number of aliphatic imine (C=N–C) groups is 1. The van der Waals surface area contributed by atoms with Crippen LogP contribution >= 0.6 is 0 Å². The summed E-state index contributed by atoms with van der Waals surface area (Å²) in [5.41, 5.74) is 1.21. The highest BCUT2D eigenvalue weighted by atomic mass is 16.7. The topological polar surface area (TPSA) is 66.3 Å². The molecule has 1 aromatic rings. The van der Waals surface area contributed by atoms with Gasteiger partial charge >= 0.3 is 0 Å². The Kier molecular flexibility index (Phi) is 7.57. The molecular formula is C20H33N3O3. The summed E-state index contributed by atoms with van der Waals surface area (Å²) >= 11 is 0. The second kappa shape index (κ2) is 9.67. The summed E-state index contributed by atoms with van der Waals surface area (Å²) in [6.45, 7) is 9.19. The number of guanidine groups is 1. The van der Waals surface area contributed by atoms with Crippen molar-refractivity contribution in [2.24, 2.45) is 10.4 Å². The molecule has 6 heteroatoms. The van der Waals surface area contributed by atoms with Gasteiger partial charge in [-0.25, -0.2) is 0 Å².